The van der Waals surface area contributed by atoms with Crippen molar-refractivity contribution in [3.05, 3.63) is 216 Å². The van der Waals surface area contributed by atoms with E-state index in [1.54, 1.807) is 39.0 Å². The number of aromatic nitrogens is 2. The maximum absolute atomic E-state index is 10.0. The smallest absolute Gasteiger partial charge is 0.137 e. The van der Waals surface area contributed by atoms with Crippen LogP contribution in [0, 0.1) is 0 Å². The van der Waals surface area contributed by atoms with E-state index in [0.29, 0.717) is 28.6 Å². The van der Waals surface area contributed by atoms with Crippen LogP contribution in [0.5, 0.6) is 11.5 Å². The Morgan fingerprint density at radius 3 is 1.96 bits per heavy atom. The molecular weight excluding hydrogens is 913 g/mol. The van der Waals surface area contributed by atoms with Crippen molar-refractivity contribution in [2.75, 3.05) is 16.5 Å². The summed E-state index contributed by atoms with van der Waals surface area (Å²) in [5.41, 5.74) is 6.57. The molecule has 0 amide bonds. The molecule has 0 saturated carbocycles. The average Bonchev–Trinajstić information content (AvgIpc) is 1.11. The molecule has 0 saturated heterocycles. The molecule has 11 rings (SSSR count). The number of nitrogens with zero attached hydrogens (tertiary/aromatic N) is 4. The molecule has 5 heteroatoms. The highest BCUT2D eigenvalue weighted by Gasteiger charge is 2.32. The zero-order chi connectivity index (χ0) is 63.2. The number of unbranched alkanes of at least 4 members (excludes halogenated alkanes) is 2. The largest absolute Gasteiger partial charge is 0.457 e. The first-order valence-corrected chi connectivity index (χ1v) is 26.2. The van der Waals surface area contributed by atoms with E-state index < -0.39 is 71.9 Å². The lowest BCUT2D eigenvalue weighted by molar-refractivity contribution is 0.483. The third-order valence-electron chi connectivity index (χ3n) is 14.2. The maximum Gasteiger partial charge on any atom is 0.137 e. The van der Waals surface area contributed by atoms with Gasteiger partial charge in [0, 0.05) is 45.9 Å². The van der Waals surface area contributed by atoms with Gasteiger partial charge in [0.1, 0.15) is 24.0 Å². The standard InChI is InChI=1S/C70H70N4O/c1-9-11-13-25-52-42-62-61-37-36-58(46-66(61)74(65(62)43-49(52)22-10-2)67-44-55(38-39-71-67)70(6,7)8)75-57-31-20-30-56(45-57)72-47-73(64-35-17-16-34-63(64)72)68-59(48-23-14-12-15-24-48)32-21-33-60(68)53-28-18-26-50(40-53)51-27-19-29-54(41-51)69(3,4)5/h12,14-21,23-24,26-46H,9-11,13,22,25,47H2,1-8H3/i12D,14D,15D,18D,19D,23D,24D,26D,27D,28D,29D,40D,41D. The van der Waals surface area contributed by atoms with Crippen LogP contribution in [0.3, 0.4) is 0 Å². The van der Waals surface area contributed by atoms with Crippen molar-refractivity contribution in [1.82, 2.24) is 9.55 Å². The van der Waals surface area contributed by atoms with E-state index in [9.17, 15) is 9.60 Å². The van der Waals surface area contributed by atoms with E-state index in [1.807, 2.05) is 70.6 Å². The lowest BCUT2D eigenvalue weighted by Crippen LogP contribution is -2.25. The topological polar surface area (TPSA) is 33.5 Å². The average molecular weight is 996 g/mol. The van der Waals surface area contributed by atoms with Crippen LogP contribution in [0.15, 0.2) is 194 Å². The summed E-state index contributed by atoms with van der Waals surface area (Å²) in [6, 6.07) is 28.4. The lowest BCUT2D eigenvalue weighted by Gasteiger charge is -2.27. The Bertz CT molecular complexity index is 4440. The Labute approximate surface area is 463 Å². The summed E-state index contributed by atoms with van der Waals surface area (Å²) in [6.45, 7) is 16.4. The quantitative estimate of drug-likeness (QED) is 0.102. The zero-order valence-electron chi connectivity index (χ0n) is 57.1. The monoisotopic (exact) mass is 996 g/mol. The van der Waals surface area contributed by atoms with Crippen molar-refractivity contribution in [2.24, 2.45) is 0 Å². The van der Waals surface area contributed by atoms with Crippen LogP contribution in [-0.2, 0) is 23.7 Å². The molecule has 10 aromatic rings. The predicted molar refractivity (Wildman–Crippen MR) is 318 cm³/mol. The summed E-state index contributed by atoms with van der Waals surface area (Å²) in [5.74, 6) is 1.94. The van der Waals surface area contributed by atoms with E-state index in [4.69, 9.17) is 17.9 Å². The summed E-state index contributed by atoms with van der Waals surface area (Å²) in [5, 5.41) is 2.23. The van der Waals surface area contributed by atoms with Crippen LogP contribution in [0.2, 0.25) is 0 Å². The van der Waals surface area contributed by atoms with Crippen LogP contribution in [0.4, 0.5) is 22.7 Å². The van der Waals surface area contributed by atoms with Gasteiger partial charge in [0.2, 0.25) is 0 Å². The van der Waals surface area contributed by atoms with Crippen molar-refractivity contribution < 1.29 is 22.6 Å². The molecule has 0 radical (unpaired) electrons. The van der Waals surface area contributed by atoms with Crippen LogP contribution >= 0.6 is 0 Å². The number of ether oxygens (including phenoxy) is 1. The third-order valence-corrected chi connectivity index (χ3v) is 14.2. The number of pyridine rings is 1. The van der Waals surface area contributed by atoms with Crippen LogP contribution in [0.1, 0.15) is 121 Å². The van der Waals surface area contributed by atoms with Crippen LogP contribution < -0.4 is 14.5 Å². The molecule has 8 aromatic carbocycles. The predicted octanol–water partition coefficient (Wildman–Crippen LogP) is 19.5. The molecular formula is C70H70N4O. The Kier molecular flexibility index (Phi) is 9.84. The Morgan fingerprint density at radius 2 is 1.20 bits per heavy atom. The van der Waals surface area contributed by atoms with E-state index in [2.05, 4.69) is 75.6 Å². The van der Waals surface area contributed by atoms with E-state index in [1.165, 1.54) is 17.5 Å². The first kappa shape index (κ1) is 36.1. The van der Waals surface area contributed by atoms with Crippen LogP contribution in [-0.4, -0.2) is 16.2 Å². The highest BCUT2D eigenvalue weighted by Crippen LogP contribution is 2.51. The lowest BCUT2D eigenvalue weighted by atomic mass is 9.85. The van der Waals surface area contributed by atoms with Crippen molar-refractivity contribution in [2.45, 2.75) is 105 Å². The van der Waals surface area contributed by atoms with Crippen molar-refractivity contribution >= 4 is 44.6 Å². The van der Waals surface area contributed by atoms with Gasteiger partial charge in [-0.15, -0.1) is 0 Å². The summed E-state index contributed by atoms with van der Waals surface area (Å²) >= 11 is 0. The minimum Gasteiger partial charge on any atom is -0.457 e. The number of hydrogen-bond acceptors (Lipinski definition) is 4. The number of anilines is 4. The number of benzene rings is 8. The Balaban J connectivity index is 1.07. The number of para-hydroxylation sites is 3. The molecule has 0 fully saturated rings. The minimum absolute atomic E-state index is 0.0340. The fourth-order valence-corrected chi connectivity index (χ4v) is 10.3. The molecule has 5 nitrogen and oxygen atoms in total. The van der Waals surface area contributed by atoms with Crippen molar-refractivity contribution in [3.8, 4) is 50.7 Å². The minimum atomic E-state index is -0.879. The number of rotatable bonds is 14. The second-order valence-electron chi connectivity index (χ2n) is 21.5. The normalized spacial score (nSPS) is 15.2. The van der Waals surface area contributed by atoms with Gasteiger partial charge in [-0.1, -0.05) is 184 Å². The molecule has 0 unspecified atom stereocenters. The molecule has 376 valence electrons. The van der Waals surface area contributed by atoms with Crippen molar-refractivity contribution in [3.63, 3.8) is 0 Å². The van der Waals surface area contributed by atoms with Gasteiger partial charge in [0.25, 0.3) is 0 Å². The van der Waals surface area contributed by atoms with E-state index >= 15 is 0 Å². The third kappa shape index (κ3) is 9.85. The second kappa shape index (κ2) is 20.4. The molecule has 0 N–H and O–H groups in total. The van der Waals surface area contributed by atoms with Gasteiger partial charge in [-0.2, -0.15) is 0 Å². The number of hydrogen-bond donors (Lipinski definition) is 0. The molecule has 3 heterocycles. The highest BCUT2D eigenvalue weighted by molar-refractivity contribution is 6.10. The summed E-state index contributed by atoms with van der Waals surface area (Å²) in [6.07, 6.45) is 8.33. The second-order valence-corrected chi connectivity index (χ2v) is 21.5. The molecule has 1 aliphatic rings. The Hall–Kier alpha value is -7.89. The molecule has 1 aliphatic heterocycles. The van der Waals surface area contributed by atoms with Gasteiger partial charge in [0.05, 0.1) is 45.9 Å². The SMILES string of the molecule is [2H]c1c([2H])c([2H])c(-c2cccc(-c3c([2H])c([2H])c([2H])c(-c4c([2H])c([2H])c([2H])c(C(C)(C)C)c4[2H])c3[2H])c2N2CN(c3cccc(Oc4ccc5c6cc(CCCCC)c(CCC)cc6n(-c6cc(C(C)(C)C)ccn6)c5c4)c3)c3ccccc32)c([2H])c1[2H]. The summed E-state index contributed by atoms with van der Waals surface area (Å²) < 4.78 is 128. The summed E-state index contributed by atoms with van der Waals surface area (Å²) in [7, 11) is 0. The first-order valence-electron chi connectivity index (χ1n) is 32.7. The maximum atomic E-state index is 10.0. The Morgan fingerprint density at radius 1 is 0.533 bits per heavy atom. The first-order chi connectivity index (χ1) is 41.8. The summed E-state index contributed by atoms with van der Waals surface area (Å²) in [4.78, 5) is 8.91. The van der Waals surface area contributed by atoms with Gasteiger partial charge in [-0.25, -0.2) is 4.98 Å². The van der Waals surface area contributed by atoms with Gasteiger partial charge in [-0.3, -0.25) is 4.57 Å². The highest BCUT2D eigenvalue weighted by atomic mass is 16.5. The molecule has 2 aromatic heterocycles. The van der Waals surface area contributed by atoms with E-state index in [-0.39, 0.29) is 68.8 Å². The van der Waals surface area contributed by atoms with E-state index in [0.717, 1.165) is 65.3 Å². The van der Waals surface area contributed by atoms with Gasteiger partial charge >= 0.3 is 0 Å². The molecule has 0 aliphatic carbocycles. The van der Waals surface area contributed by atoms with Crippen LogP contribution in [0.25, 0.3) is 61.0 Å². The fourth-order valence-electron chi connectivity index (χ4n) is 10.3. The molecule has 0 spiro atoms. The van der Waals surface area contributed by atoms with Gasteiger partial charge in [-0.05, 0) is 141 Å². The van der Waals surface area contributed by atoms with Gasteiger partial charge < -0.3 is 14.5 Å². The van der Waals surface area contributed by atoms with Gasteiger partial charge in [0.15, 0.2) is 0 Å². The van der Waals surface area contributed by atoms with Crippen molar-refractivity contribution in [1.29, 1.82) is 0 Å². The fraction of sp³-hybridized carbons (Fsp3) is 0.243. The zero-order valence-corrected chi connectivity index (χ0v) is 44.1. The number of aryl methyl sites for hydroxylation is 2. The molecule has 75 heavy (non-hydrogen) atoms. The number of fused-ring (bicyclic) bond motifs is 4. The molecule has 0 bridgehead atoms. The molecule has 0 atom stereocenters.